The zero-order valence-corrected chi connectivity index (χ0v) is 15.9. The van der Waals surface area contributed by atoms with Crippen LogP contribution in [0.3, 0.4) is 0 Å². The van der Waals surface area contributed by atoms with E-state index in [1.807, 2.05) is 0 Å². The number of rotatable bonds is 6. The van der Waals surface area contributed by atoms with E-state index in [1.165, 1.54) is 10.6 Å². The lowest BCUT2D eigenvalue weighted by Crippen LogP contribution is -2.19. The van der Waals surface area contributed by atoms with E-state index in [-0.39, 0.29) is 18.7 Å². The summed E-state index contributed by atoms with van der Waals surface area (Å²) in [5, 5.41) is 2.54. The molecule has 154 valence electrons. The Morgan fingerprint density at radius 1 is 1.17 bits per heavy atom. The third-order valence-corrected chi connectivity index (χ3v) is 4.44. The number of carbonyl (C=O) groups is 1. The highest BCUT2D eigenvalue weighted by molar-refractivity contribution is 5.94. The molecule has 3 rings (SSSR count). The van der Waals surface area contributed by atoms with Crippen LogP contribution in [0.4, 0.5) is 24.5 Å². The van der Waals surface area contributed by atoms with Crippen molar-refractivity contribution in [3.05, 3.63) is 58.6 Å². The number of nitrogens with one attached hydrogen (secondary N) is 1. The maximum absolute atomic E-state index is 13.0. The van der Waals surface area contributed by atoms with Gasteiger partial charge in [-0.15, -0.1) is 0 Å². The summed E-state index contributed by atoms with van der Waals surface area (Å²) in [6, 6.07) is 10.2. The molecule has 0 aliphatic rings. The number of aryl methyl sites for hydroxylation is 1. The first-order valence-electron chi connectivity index (χ1n) is 8.93. The highest BCUT2D eigenvalue weighted by Gasteiger charge is 2.31. The van der Waals surface area contributed by atoms with Crippen LogP contribution < -0.4 is 16.0 Å². The van der Waals surface area contributed by atoms with E-state index in [0.717, 1.165) is 12.1 Å². The molecular formula is C20H20F3N3O3. The zero-order chi connectivity index (χ0) is 21.2. The smallest absolute Gasteiger partial charge is 0.408 e. The monoisotopic (exact) mass is 407 g/mol. The highest BCUT2D eigenvalue weighted by atomic mass is 19.4. The first-order valence-corrected chi connectivity index (χ1v) is 8.93. The molecule has 0 spiro atoms. The SMILES string of the molecule is CN(C)c1ccc(C(F)(F)F)cc1NC(=O)CCCn1c(=O)oc2ccccc21. The van der Waals surface area contributed by atoms with E-state index in [1.54, 1.807) is 43.3 Å². The van der Waals surface area contributed by atoms with Gasteiger partial charge in [0.15, 0.2) is 5.58 Å². The van der Waals surface area contributed by atoms with Crippen molar-refractivity contribution in [3.63, 3.8) is 0 Å². The fourth-order valence-corrected chi connectivity index (χ4v) is 3.04. The van der Waals surface area contributed by atoms with Crippen LogP contribution >= 0.6 is 0 Å². The molecule has 0 aliphatic heterocycles. The molecule has 0 saturated heterocycles. The molecule has 6 nitrogen and oxygen atoms in total. The quantitative estimate of drug-likeness (QED) is 0.668. The second kappa shape index (κ2) is 8.02. The van der Waals surface area contributed by atoms with Gasteiger partial charge in [0, 0.05) is 27.1 Å². The lowest BCUT2D eigenvalue weighted by molar-refractivity contribution is -0.137. The van der Waals surface area contributed by atoms with Crippen molar-refractivity contribution in [2.45, 2.75) is 25.6 Å². The van der Waals surface area contributed by atoms with Crippen molar-refractivity contribution in [1.29, 1.82) is 0 Å². The maximum atomic E-state index is 13.0. The number of hydrogen-bond acceptors (Lipinski definition) is 4. The molecule has 1 heterocycles. The highest BCUT2D eigenvalue weighted by Crippen LogP contribution is 2.35. The number of nitrogens with zero attached hydrogens (tertiary/aromatic N) is 2. The van der Waals surface area contributed by atoms with Gasteiger partial charge >= 0.3 is 11.9 Å². The number of oxazole rings is 1. The minimum Gasteiger partial charge on any atom is -0.408 e. The van der Waals surface area contributed by atoms with Gasteiger partial charge in [0.2, 0.25) is 5.91 Å². The Bertz CT molecular complexity index is 1080. The molecule has 0 fully saturated rings. The van der Waals surface area contributed by atoms with Crippen LogP contribution in [0.1, 0.15) is 18.4 Å². The molecule has 0 aliphatic carbocycles. The maximum Gasteiger partial charge on any atom is 0.419 e. The number of alkyl halides is 3. The first-order chi connectivity index (χ1) is 13.7. The van der Waals surface area contributed by atoms with Crippen LogP contribution in [0, 0.1) is 0 Å². The van der Waals surface area contributed by atoms with Gasteiger partial charge in [0.25, 0.3) is 0 Å². The molecule has 0 atom stereocenters. The summed E-state index contributed by atoms with van der Waals surface area (Å²) in [4.78, 5) is 25.9. The number of hydrogen-bond donors (Lipinski definition) is 1. The predicted octanol–water partition coefficient (Wildman–Crippen LogP) is 4.10. The fraction of sp³-hybridized carbons (Fsp3) is 0.300. The fourth-order valence-electron chi connectivity index (χ4n) is 3.04. The Balaban J connectivity index is 1.69. The Morgan fingerprint density at radius 3 is 2.59 bits per heavy atom. The van der Waals surface area contributed by atoms with Gasteiger partial charge in [-0.05, 0) is 36.8 Å². The number of carbonyl (C=O) groups excluding carboxylic acids is 1. The second-order valence-corrected chi connectivity index (χ2v) is 6.76. The molecule has 29 heavy (non-hydrogen) atoms. The summed E-state index contributed by atoms with van der Waals surface area (Å²) in [5.74, 6) is -0.951. The average Bonchev–Trinajstić information content (AvgIpc) is 2.96. The zero-order valence-electron chi connectivity index (χ0n) is 15.9. The predicted molar refractivity (Wildman–Crippen MR) is 104 cm³/mol. The minimum atomic E-state index is -4.51. The number of anilines is 2. The normalized spacial score (nSPS) is 11.6. The van der Waals surface area contributed by atoms with Gasteiger partial charge in [-0.3, -0.25) is 9.36 Å². The van der Waals surface area contributed by atoms with E-state index in [9.17, 15) is 22.8 Å². The van der Waals surface area contributed by atoms with Gasteiger partial charge in [0.05, 0.1) is 22.5 Å². The van der Waals surface area contributed by atoms with E-state index >= 15 is 0 Å². The van der Waals surface area contributed by atoms with Crippen LogP contribution in [-0.4, -0.2) is 24.6 Å². The topological polar surface area (TPSA) is 67.5 Å². The Labute approximate surface area is 164 Å². The number of amides is 1. The molecule has 0 radical (unpaired) electrons. The standard InChI is InChI=1S/C20H20F3N3O3/c1-25(2)15-10-9-13(20(21,22)23)12-14(15)24-18(27)8-5-11-26-16-6-3-4-7-17(16)29-19(26)28/h3-4,6-7,9-10,12H,5,8,11H2,1-2H3,(H,24,27). The number of fused-ring (bicyclic) bond motifs is 1. The molecule has 1 aromatic heterocycles. The Hall–Kier alpha value is -3.23. The van der Waals surface area contributed by atoms with Gasteiger partial charge in [-0.25, -0.2) is 4.79 Å². The first kappa shape index (κ1) is 20.5. The van der Waals surface area contributed by atoms with Gasteiger partial charge in [0.1, 0.15) is 0 Å². The molecule has 1 amide bonds. The Morgan fingerprint density at radius 2 is 1.90 bits per heavy atom. The number of halogens is 3. The van der Waals surface area contributed by atoms with Crippen LogP contribution in [0.25, 0.3) is 11.1 Å². The number of benzene rings is 2. The molecule has 0 unspecified atom stereocenters. The van der Waals surface area contributed by atoms with Crippen molar-refractivity contribution < 1.29 is 22.4 Å². The number of aromatic nitrogens is 1. The summed E-state index contributed by atoms with van der Waals surface area (Å²) in [7, 11) is 3.35. The van der Waals surface area contributed by atoms with Gasteiger partial charge < -0.3 is 14.6 Å². The number of para-hydroxylation sites is 2. The van der Waals surface area contributed by atoms with Crippen LogP contribution in [0.5, 0.6) is 0 Å². The molecule has 9 heteroatoms. The van der Waals surface area contributed by atoms with Crippen molar-refractivity contribution in [1.82, 2.24) is 4.57 Å². The largest absolute Gasteiger partial charge is 0.419 e. The third kappa shape index (κ3) is 4.61. The summed E-state index contributed by atoms with van der Waals surface area (Å²) < 4.78 is 45.6. The lowest BCUT2D eigenvalue weighted by atomic mass is 10.1. The van der Waals surface area contributed by atoms with Crippen molar-refractivity contribution in [2.75, 3.05) is 24.3 Å². The van der Waals surface area contributed by atoms with Crippen molar-refractivity contribution in [3.8, 4) is 0 Å². The lowest BCUT2D eigenvalue weighted by Gasteiger charge is -2.19. The van der Waals surface area contributed by atoms with Crippen molar-refractivity contribution in [2.24, 2.45) is 0 Å². The van der Waals surface area contributed by atoms with Crippen LogP contribution in [0.2, 0.25) is 0 Å². The summed E-state index contributed by atoms with van der Waals surface area (Å²) in [6.45, 7) is 0.256. The van der Waals surface area contributed by atoms with Crippen LogP contribution in [0.15, 0.2) is 51.7 Å². The molecule has 0 bridgehead atoms. The molecule has 1 N–H and O–H groups in total. The molecule has 0 saturated carbocycles. The Kier molecular flexibility index (Phi) is 5.67. The van der Waals surface area contributed by atoms with Crippen molar-refractivity contribution >= 4 is 28.4 Å². The van der Waals surface area contributed by atoms with E-state index < -0.39 is 23.4 Å². The average molecular weight is 407 g/mol. The van der Waals surface area contributed by atoms with E-state index in [0.29, 0.717) is 23.2 Å². The molecular weight excluding hydrogens is 387 g/mol. The van der Waals surface area contributed by atoms with Gasteiger partial charge in [-0.2, -0.15) is 13.2 Å². The van der Waals surface area contributed by atoms with E-state index in [4.69, 9.17) is 4.42 Å². The summed E-state index contributed by atoms with van der Waals surface area (Å²) in [5.41, 5.74) is 0.797. The van der Waals surface area contributed by atoms with Crippen LogP contribution in [-0.2, 0) is 17.5 Å². The summed E-state index contributed by atoms with van der Waals surface area (Å²) in [6.07, 6.45) is -4.14. The minimum absolute atomic E-state index is 0.0368. The molecule has 3 aromatic rings. The molecule has 2 aromatic carbocycles. The second-order valence-electron chi connectivity index (χ2n) is 6.76. The third-order valence-electron chi connectivity index (χ3n) is 4.44. The summed E-state index contributed by atoms with van der Waals surface area (Å²) >= 11 is 0. The van der Waals surface area contributed by atoms with E-state index in [2.05, 4.69) is 5.32 Å². The van der Waals surface area contributed by atoms with Gasteiger partial charge in [-0.1, -0.05) is 12.1 Å².